The number of hydrogen-bond acceptors (Lipinski definition) is 7. The van der Waals surface area contributed by atoms with Crippen molar-refractivity contribution < 1.29 is 19.1 Å². The molecule has 2 aliphatic heterocycles. The van der Waals surface area contributed by atoms with Gasteiger partial charge in [-0.1, -0.05) is 11.3 Å². The van der Waals surface area contributed by atoms with Gasteiger partial charge in [-0.3, -0.25) is 9.59 Å². The second-order valence-electron chi connectivity index (χ2n) is 6.31. The molecule has 140 valence electrons. The molecule has 0 aliphatic carbocycles. The zero-order chi connectivity index (χ0) is 18.8. The Balaban J connectivity index is 1.34. The highest BCUT2D eigenvalue weighted by Gasteiger charge is 2.29. The van der Waals surface area contributed by atoms with Gasteiger partial charge >= 0.3 is 0 Å². The van der Waals surface area contributed by atoms with Crippen LogP contribution in [-0.4, -0.2) is 54.0 Å². The quantitative estimate of drug-likeness (QED) is 0.805. The lowest BCUT2D eigenvalue weighted by Crippen LogP contribution is -2.45. The molecule has 4 rings (SSSR count). The number of amides is 2. The highest BCUT2D eigenvalue weighted by Crippen LogP contribution is 2.32. The third-order valence-electron chi connectivity index (χ3n) is 4.55. The van der Waals surface area contributed by atoms with Crippen LogP contribution in [0, 0.1) is 0 Å². The van der Waals surface area contributed by atoms with E-state index >= 15 is 0 Å². The van der Waals surface area contributed by atoms with Gasteiger partial charge in [-0.2, -0.15) is 5.11 Å². The minimum absolute atomic E-state index is 0.0154. The Morgan fingerprint density at radius 1 is 1.30 bits per heavy atom. The van der Waals surface area contributed by atoms with E-state index in [4.69, 9.17) is 9.47 Å². The Kier molecular flexibility index (Phi) is 4.85. The predicted octanol–water partition coefficient (Wildman–Crippen LogP) is 2.59. The molecule has 3 heterocycles. The SMILES string of the molecule is COc1ccc2sc(OC3CCN(C(=O)C4C=CC(=O)N=N4)CC3)nc2c1. The fourth-order valence-corrected chi connectivity index (χ4v) is 3.94. The van der Waals surface area contributed by atoms with Crippen LogP contribution in [0.1, 0.15) is 12.8 Å². The van der Waals surface area contributed by atoms with Gasteiger partial charge in [0.1, 0.15) is 11.9 Å². The van der Waals surface area contributed by atoms with Crippen molar-refractivity contribution in [2.45, 2.75) is 25.0 Å². The van der Waals surface area contributed by atoms with Crippen molar-refractivity contribution in [1.29, 1.82) is 0 Å². The minimum atomic E-state index is -0.695. The maximum atomic E-state index is 12.4. The van der Waals surface area contributed by atoms with Gasteiger partial charge in [0, 0.05) is 38.1 Å². The molecule has 0 saturated carbocycles. The number of methoxy groups -OCH3 is 1. The van der Waals surface area contributed by atoms with E-state index in [2.05, 4.69) is 15.2 Å². The fourth-order valence-electron chi connectivity index (χ4n) is 3.08. The van der Waals surface area contributed by atoms with E-state index in [9.17, 15) is 9.59 Å². The lowest BCUT2D eigenvalue weighted by atomic mass is 10.1. The summed E-state index contributed by atoms with van der Waals surface area (Å²) in [5.41, 5.74) is 0.853. The van der Waals surface area contributed by atoms with Gasteiger partial charge in [0.2, 0.25) is 0 Å². The van der Waals surface area contributed by atoms with Gasteiger partial charge in [0.15, 0.2) is 6.04 Å². The van der Waals surface area contributed by atoms with E-state index in [0.717, 1.165) is 28.8 Å². The Hall–Kier alpha value is -2.81. The number of ether oxygens (including phenoxy) is 2. The summed E-state index contributed by atoms with van der Waals surface area (Å²) >= 11 is 1.50. The molecule has 27 heavy (non-hydrogen) atoms. The Bertz CT molecular complexity index is 915. The van der Waals surface area contributed by atoms with E-state index in [1.54, 1.807) is 12.0 Å². The van der Waals surface area contributed by atoms with E-state index in [0.29, 0.717) is 18.3 Å². The lowest BCUT2D eigenvalue weighted by molar-refractivity contribution is -0.133. The molecular weight excluding hydrogens is 368 g/mol. The van der Waals surface area contributed by atoms with Crippen LogP contribution >= 0.6 is 11.3 Å². The number of fused-ring (bicyclic) bond motifs is 1. The first-order valence-corrected chi connectivity index (χ1v) is 9.47. The largest absolute Gasteiger partial charge is 0.497 e. The second kappa shape index (κ2) is 7.43. The molecule has 0 radical (unpaired) electrons. The number of benzene rings is 1. The van der Waals surface area contributed by atoms with Gasteiger partial charge in [-0.25, -0.2) is 4.98 Å². The standard InChI is InChI=1S/C18H18N4O4S/c1-25-12-2-4-15-14(10-12)19-18(27-15)26-11-6-8-22(9-7-11)17(24)13-3-5-16(23)21-20-13/h2-5,10-11,13H,6-9H2,1H3. The summed E-state index contributed by atoms with van der Waals surface area (Å²) in [6.45, 7) is 1.16. The van der Waals surface area contributed by atoms with Crippen molar-refractivity contribution >= 4 is 33.4 Å². The summed E-state index contributed by atoms with van der Waals surface area (Å²) in [5, 5.41) is 7.83. The summed E-state index contributed by atoms with van der Waals surface area (Å²) in [6, 6.07) is 5.06. The van der Waals surface area contributed by atoms with E-state index in [1.165, 1.54) is 23.5 Å². The average Bonchev–Trinajstić information content (AvgIpc) is 3.10. The minimum Gasteiger partial charge on any atom is -0.497 e. The number of carbonyl (C=O) groups excluding carboxylic acids is 2. The maximum Gasteiger partial charge on any atom is 0.287 e. The van der Waals surface area contributed by atoms with Crippen LogP contribution in [0.5, 0.6) is 10.9 Å². The van der Waals surface area contributed by atoms with Crippen molar-refractivity contribution in [3.05, 3.63) is 30.4 Å². The molecular formula is C18H18N4O4S. The number of thiazole rings is 1. The fraction of sp³-hybridized carbons (Fsp3) is 0.389. The third-order valence-corrected chi connectivity index (χ3v) is 5.48. The molecule has 2 aliphatic rings. The number of aromatic nitrogens is 1. The van der Waals surface area contributed by atoms with Crippen LogP contribution in [0.25, 0.3) is 10.2 Å². The van der Waals surface area contributed by atoms with E-state index in [1.807, 2.05) is 18.2 Å². The molecule has 2 amide bonds. The molecule has 9 heteroatoms. The number of likely N-dealkylation sites (tertiary alicyclic amines) is 1. The number of nitrogens with zero attached hydrogens (tertiary/aromatic N) is 4. The Morgan fingerprint density at radius 3 is 2.81 bits per heavy atom. The Labute approximate surface area is 159 Å². The van der Waals surface area contributed by atoms with Crippen LogP contribution < -0.4 is 9.47 Å². The molecule has 1 aromatic carbocycles. The summed E-state index contributed by atoms with van der Waals surface area (Å²) < 4.78 is 12.3. The molecule has 1 saturated heterocycles. The summed E-state index contributed by atoms with van der Waals surface area (Å²) in [5.74, 6) is 0.203. The van der Waals surface area contributed by atoms with Gasteiger partial charge in [-0.05, 0) is 18.2 Å². The zero-order valence-corrected chi connectivity index (χ0v) is 15.5. The molecule has 0 spiro atoms. The first-order valence-electron chi connectivity index (χ1n) is 8.65. The normalized spacial score (nSPS) is 20.3. The zero-order valence-electron chi connectivity index (χ0n) is 14.7. The van der Waals surface area contributed by atoms with Crippen molar-refractivity contribution in [3.8, 4) is 10.9 Å². The van der Waals surface area contributed by atoms with Crippen molar-refractivity contribution in [2.75, 3.05) is 20.2 Å². The van der Waals surface area contributed by atoms with Crippen LogP contribution in [0.3, 0.4) is 0 Å². The third kappa shape index (κ3) is 3.82. The predicted molar refractivity (Wildman–Crippen MR) is 99.2 cm³/mol. The Morgan fingerprint density at radius 2 is 2.11 bits per heavy atom. The van der Waals surface area contributed by atoms with Crippen LogP contribution in [0.15, 0.2) is 40.6 Å². The first-order chi connectivity index (χ1) is 13.1. The first kappa shape index (κ1) is 17.6. The molecule has 1 fully saturated rings. The summed E-state index contributed by atoms with van der Waals surface area (Å²) in [6.07, 6.45) is 4.24. The highest BCUT2D eigenvalue weighted by molar-refractivity contribution is 7.20. The van der Waals surface area contributed by atoms with Crippen LogP contribution in [0.4, 0.5) is 0 Å². The number of hydrogen-bond donors (Lipinski definition) is 0. The van der Waals surface area contributed by atoms with E-state index < -0.39 is 11.9 Å². The van der Waals surface area contributed by atoms with Crippen molar-refractivity contribution in [3.63, 3.8) is 0 Å². The van der Waals surface area contributed by atoms with Crippen LogP contribution in [0.2, 0.25) is 0 Å². The smallest absolute Gasteiger partial charge is 0.287 e. The van der Waals surface area contributed by atoms with Gasteiger partial charge in [0.05, 0.1) is 17.3 Å². The molecule has 1 aromatic heterocycles. The molecule has 8 nitrogen and oxygen atoms in total. The van der Waals surface area contributed by atoms with Gasteiger partial charge < -0.3 is 14.4 Å². The second-order valence-corrected chi connectivity index (χ2v) is 7.31. The molecule has 1 atom stereocenters. The lowest BCUT2D eigenvalue weighted by Gasteiger charge is -2.32. The summed E-state index contributed by atoms with van der Waals surface area (Å²) in [7, 11) is 1.63. The van der Waals surface area contributed by atoms with Crippen molar-refractivity contribution in [1.82, 2.24) is 9.88 Å². The monoisotopic (exact) mass is 386 g/mol. The van der Waals surface area contributed by atoms with E-state index in [-0.39, 0.29) is 12.0 Å². The molecule has 1 unspecified atom stereocenters. The number of carbonyl (C=O) groups is 2. The number of azo groups is 1. The van der Waals surface area contributed by atoms with Gasteiger partial charge in [0.25, 0.3) is 17.0 Å². The highest BCUT2D eigenvalue weighted by atomic mass is 32.1. The van der Waals surface area contributed by atoms with Crippen molar-refractivity contribution in [2.24, 2.45) is 10.2 Å². The molecule has 2 aromatic rings. The molecule has 0 N–H and O–H groups in total. The molecule has 0 bridgehead atoms. The topological polar surface area (TPSA) is 93.5 Å². The number of piperidine rings is 1. The number of rotatable bonds is 4. The van der Waals surface area contributed by atoms with Crippen LogP contribution in [-0.2, 0) is 9.59 Å². The average molecular weight is 386 g/mol. The van der Waals surface area contributed by atoms with Gasteiger partial charge in [-0.15, -0.1) is 5.11 Å². The summed E-state index contributed by atoms with van der Waals surface area (Å²) in [4.78, 5) is 29.7. The maximum absolute atomic E-state index is 12.4.